The molecule has 0 radical (unpaired) electrons. The van der Waals surface area contributed by atoms with Crippen LogP contribution in [0.5, 0.6) is 0 Å². The van der Waals surface area contributed by atoms with Crippen LogP contribution in [-0.4, -0.2) is 19.6 Å². The molecule has 3 aromatic heterocycles. The zero-order valence-corrected chi connectivity index (χ0v) is 14.4. The highest BCUT2D eigenvalue weighted by Crippen LogP contribution is 2.25. The Morgan fingerprint density at radius 3 is 2.76 bits per heavy atom. The predicted octanol–water partition coefficient (Wildman–Crippen LogP) is 3.92. The summed E-state index contributed by atoms with van der Waals surface area (Å²) >= 11 is 0. The van der Waals surface area contributed by atoms with Crippen LogP contribution in [0.3, 0.4) is 0 Å². The molecule has 0 bridgehead atoms. The van der Waals surface area contributed by atoms with Crippen LogP contribution in [0.25, 0.3) is 17.0 Å². The zero-order valence-electron chi connectivity index (χ0n) is 14.4. The van der Waals surface area contributed by atoms with Crippen molar-refractivity contribution in [3.05, 3.63) is 65.6 Å². The van der Waals surface area contributed by atoms with Crippen molar-refractivity contribution in [2.24, 2.45) is 0 Å². The maximum absolute atomic E-state index is 5.35. The number of benzene rings is 1. The smallest absolute Gasteiger partial charge is 0.181 e. The van der Waals surface area contributed by atoms with Crippen LogP contribution in [0.4, 0.5) is 5.69 Å². The summed E-state index contributed by atoms with van der Waals surface area (Å²) in [7, 11) is 0. The van der Waals surface area contributed by atoms with Gasteiger partial charge in [0.1, 0.15) is 0 Å². The molecular formula is C19H19N5O. The Labute approximate surface area is 145 Å². The van der Waals surface area contributed by atoms with E-state index in [1.54, 1.807) is 6.20 Å². The summed E-state index contributed by atoms with van der Waals surface area (Å²) in [6.45, 7) is 6.79. The number of nitrogens with zero attached hydrogens (tertiary/aromatic N) is 4. The van der Waals surface area contributed by atoms with E-state index in [9.17, 15) is 0 Å². The second kappa shape index (κ2) is 6.05. The molecule has 1 N–H and O–H groups in total. The Hall–Kier alpha value is -3.15. The minimum absolute atomic E-state index is 0.669. The van der Waals surface area contributed by atoms with Gasteiger partial charge in [-0.3, -0.25) is 0 Å². The van der Waals surface area contributed by atoms with E-state index in [4.69, 9.17) is 4.42 Å². The number of anilines is 1. The molecule has 0 saturated carbocycles. The molecule has 6 heteroatoms. The first-order valence-electron chi connectivity index (χ1n) is 8.16. The summed E-state index contributed by atoms with van der Waals surface area (Å²) in [5.41, 5.74) is 7.30. The average Bonchev–Trinajstić information content (AvgIpc) is 3.23. The highest BCUT2D eigenvalue weighted by Gasteiger charge is 2.09. The fourth-order valence-corrected chi connectivity index (χ4v) is 3.00. The van der Waals surface area contributed by atoms with Gasteiger partial charge in [-0.05, 0) is 50.6 Å². The molecule has 0 fully saturated rings. The number of fused-ring (bicyclic) bond motifs is 1. The molecular weight excluding hydrogens is 314 g/mol. The predicted molar refractivity (Wildman–Crippen MR) is 96.5 cm³/mol. The van der Waals surface area contributed by atoms with Gasteiger partial charge in [-0.2, -0.15) is 5.10 Å². The summed E-state index contributed by atoms with van der Waals surface area (Å²) in [4.78, 5) is 8.59. The van der Waals surface area contributed by atoms with Crippen LogP contribution in [-0.2, 0) is 6.54 Å². The number of aryl methyl sites for hydroxylation is 3. The molecule has 4 aromatic rings. The molecule has 0 saturated heterocycles. The van der Waals surface area contributed by atoms with Crippen LogP contribution in [0, 0.1) is 20.8 Å². The maximum Gasteiger partial charge on any atom is 0.181 e. The van der Waals surface area contributed by atoms with E-state index in [1.165, 1.54) is 6.39 Å². The SMILES string of the molecule is Cc1cc(C)n2ncc(CNc3ccc(-c4cnco4)cc3C)c2n1. The maximum atomic E-state index is 5.35. The number of nitrogens with one attached hydrogen (secondary N) is 1. The van der Waals surface area contributed by atoms with Gasteiger partial charge < -0.3 is 9.73 Å². The molecule has 0 spiro atoms. The van der Waals surface area contributed by atoms with Gasteiger partial charge in [0.15, 0.2) is 17.8 Å². The van der Waals surface area contributed by atoms with Gasteiger partial charge in [0.2, 0.25) is 0 Å². The van der Waals surface area contributed by atoms with Gasteiger partial charge in [-0.15, -0.1) is 0 Å². The summed E-state index contributed by atoms with van der Waals surface area (Å²) in [6, 6.07) is 8.20. The van der Waals surface area contributed by atoms with Gasteiger partial charge in [0.05, 0.1) is 12.4 Å². The Balaban J connectivity index is 1.58. The Bertz CT molecular complexity index is 1030. The van der Waals surface area contributed by atoms with Crippen LogP contribution in [0.15, 0.2) is 47.5 Å². The second-order valence-corrected chi connectivity index (χ2v) is 6.19. The van der Waals surface area contributed by atoms with Crippen molar-refractivity contribution in [1.29, 1.82) is 0 Å². The van der Waals surface area contributed by atoms with E-state index in [0.29, 0.717) is 6.54 Å². The molecule has 126 valence electrons. The lowest BCUT2D eigenvalue weighted by Gasteiger charge is -2.10. The number of hydrogen-bond acceptors (Lipinski definition) is 5. The molecule has 1 aromatic carbocycles. The van der Waals surface area contributed by atoms with Crippen molar-refractivity contribution in [2.75, 3.05) is 5.32 Å². The first kappa shape index (κ1) is 15.4. The molecule has 3 heterocycles. The number of aromatic nitrogens is 4. The highest BCUT2D eigenvalue weighted by molar-refractivity contribution is 5.64. The molecule has 25 heavy (non-hydrogen) atoms. The highest BCUT2D eigenvalue weighted by atomic mass is 16.3. The average molecular weight is 333 g/mol. The fourth-order valence-electron chi connectivity index (χ4n) is 3.00. The summed E-state index contributed by atoms with van der Waals surface area (Å²) in [5.74, 6) is 0.771. The number of hydrogen-bond donors (Lipinski definition) is 1. The molecule has 0 amide bonds. The minimum Gasteiger partial charge on any atom is -0.444 e. The quantitative estimate of drug-likeness (QED) is 0.613. The van der Waals surface area contributed by atoms with E-state index in [1.807, 2.05) is 36.7 Å². The lowest BCUT2D eigenvalue weighted by molar-refractivity contribution is 0.572. The third kappa shape index (κ3) is 2.87. The van der Waals surface area contributed by atoms with Gasteiger partial charge in [0.25, 0.3) is 0 Å². The van der Waals surface area contributed by atoms with Crippen molar-refractivity contribution < 1.29 is 4.42 Å². The van der Waals surface area contributed by atoms with Crippen molar-refractivity contribution in [3.63, 3.8) is 0 Å². The van der Waals surface area contributed by atoms with Crippen LogP contribution < -0.4 is 5.32 Å². The van der Waals surface area contributed by atoms with E-state index in [2.05, 4.69) is 39.4 Å². The molecule has 6 nitrogen and oxygen atoms in total. The molecule has 0 aliphatic carbocycles. The van der Waals surface area contributed by atoms with Gasteiger partial charge in [0, 0.05) is 34.7 Å². The largest absolute Gasteiger partial charge is 0.444 e. The van der Waals surface area contributed by atoms with Crippen molar-refractivity contribution in [1.82, 2.24) is 19.6 Å². The van der Waals surface area contributed by atoms with E-state index in [-0.39, 0.29) is 0 Å². The van der Waals surface area contributed by atoms with Crippen LogP contribution in [0.1, 0.15) is 22.5 Å². The summed E-state index contributed by atoms with van der Waals surface area (Å²) in [6.07, 6.45) is 5.04. The first-order valence-corrected chi connectivity index (χ1v) is 8.16. The van der Waals surface area contributed by atoms with E-state index >= 15 is 0 Å². The molecule has 0 aliphatic rings. The third-order valence-electron chi connectivity index (χ3n) is 4.26. The van der Waals surface area contributed by atoms with E-state index < -0.39 is 0 Å². The molecule has 4 rings (SSSR count). The topological polar surface area (TPSA) is 68.2 Å². The van der Waals surface area contributed by atoms with Crippen molar-refractivity contribution in [2.45, 2.75) is 27.3 Å². The zero-order chi connectivity index (χ0) is 17.4. The van der Waals surface area contributed by atoms with Crippen LogP contribution in [0.2, 0.25) is 0 Å². The first-order chi connectivity index (χ1) is 12.1. The summed E-state index contributed by atoms with van der Waals surface area (Å²) in [5, 5.41) is 7.92. The number of rotatable bonds is 4. The monoisotopic (exact) mass is 333 g/mol. The molecule has 0 aliphatic heterocycles. The Morgan fingerprint density at radius 2 is 2.00 bits per heavy atom. The van der Waals surface area contributed by atoms with E-state index in [0.717, 1.165) is 45.2 Å². The lowest BCUT2D eigenvalue weighted by Crippen LogP contribution is -2.03. The number of oxazole rings is 1. The fraction of sp³-hybridized carbons (Fsp3) is 0.211. The summed E-state index contributed by atoms with van der Waals surface area (Å²) < 4.78 is 7.23. The van der Waals surface area contributed by atoms with Crippen LogP contribution >= 0.6 is 0 Å². The Kier molecular flexibility index (Phi) is 3.72. The van der Waals surface area contributed by atoms with Gasteiger partial charge in [-0.1, -0.05) is 0 Å². The van der Waals surface area contributed by atoms with Crippen molar-refractivity contribution >= 4 is 11.3 Å². The van der Waals surface area contributed by atoms with Gasteiger partial charge in [-0.25, -0.2) is 14.5 Å². The van der Waals surface area contributed by atoms with Crippen molar-refractivity contribution in [3.8, 4) is 11.3 Å². The third-order valence-corrected chi connectivity index (χ3v) is 4.26. The minimum atomic E-state index is 0.669. The lowest BCUT2D eigenvalue weighted by atomic mass is 10.1. The van der Waals surface area contributed by atoms with Gasteiger partial charge >= 0.3 is 0 Å². The second-order valence-electron chi connectivity index (χ2n) is 6.19. The molecule has 0 unspecified atom stereocenters. The Morgan fingerprint density at radius 1 is 1.12 bits per heavy atom. The standard InChI is InChI=1S/C19H19N5O/c1-12-6-15(18-10-20-11-25-18)4-5-17(12)21-8-16-9-22-24-14(3)7-13(2)23-19(16)24/h4-7,9-11,21H,8H2,1-3H3. The normalized spacial score (nSPS) is 11.2. The molecule has 0 atom stereocenters.